The highest BCUT2D eigenvalue weighted by molar-refractivity contribution is 5.93. The predicted octanol–water partition coefficient (Wildman–Crippen LogP) is -0.364. The van der Waals surface area contributed by atoms with E-state index in [0.29, 0.717) is 31.5 Å². The fourth-order valence-electron chi connectivity index (χ4n) is 2.54. The van der Waals surface area contributed by atoms with Gasteiger partial charge in [0.25, 0.3) is 11.5 Å². The van der Waals surface area contributed by atoms with Gasteiger partial charge in [-0.3, -0.25) is 14.6 Å². The van der Waals surface area contributed by atoms with Gasteiger partial charge in [-0.2, -0.15) is 0 Å². The van der Waals surface area contributed by atoms with Crippen LogP contribution in [0, 0.1) is 0 Å². The zero-order valence-electron chi connectivity index (χ0n) is 13.4. The molecule has 24 heavy (non-hydrogen) atoms. The summed E-state index contributed by atoms with van der Waals surface area (Å²) in [6.07, 6.45) is 4.76. The van der Waals surface area contributed by atoms with E-state index >= 15 is 0 Å². The van der Waals surface area contributed by atoms with Crippen molar-refractivity contribution < 1.29 is 4.79 Å². The Morgan fingerprint density at radius 1 is 1.17 bits per heavy atom. The number of carbonyl (C=O) groups is 1. The summed E-state index contributed by atoms with van der Waals surface area (Å²) in [6, 6.07) is 1.78. The Kier molecular flexibility index (Phi) is 4.69. The summed E-state index contributed by atoms with van der Waals surface area (Å²) in [4.78, 5) is 43.3. The standard InChI is InChI=1S/C15H19N7O2/c1-2-16-12(23)11-10-19-15(20-13(11)24)22-8-6-21(7-9-22)14-17-4-3-5-18-14/h3-5,10H,2,6-9H2,1H3,(H,16,23)(H,19,20,24). The fraction of sp³-hybridized carbons (Fsp3) is 0.400. The molecule has 2 aromatic rings. The molecule has 0 saturated carbocycles. The Morgan fingerprint density at radius 3 is 2.46 bits per heavy atom. The van der Waals surface area contributed by atoms with E-state index in [0.717, 1.165) is 13.1 Å². The van der Waals surface area contributed by atoms with Gasteiger partial charge in [0.2, 0.25) is 11.9 Å². The summed E-state index contributed by atoms with van der Waals surface area (Å²) in [5.74, 6) is 0.760. The maximum absolute atomic E-state index is 12.1. The number of amides is 1. The second-order valence-electron chi connectivity index (χ2n) is 5.33. The molecule has 3 heterocycles. The summed E-state index contributed by atoms with van der Waals surface area (Å²) >= 11 is 0. The molecule has 0 unspecified atom stereocenters. The Bertz CT molecular complexity index is 754. The molecule has 1 amide bonds. The van der Waals surface area contributed by atoms with Crippen molar-refractivity contribution in [3.05, 3.63) is 40.6 Å². The lowest BCUT2D eigenvalue weighted by Crippen LogP contribution is -2.48. The number of carbonyl (C=O) groups excluding carboxylic acids is 1. The van der Waals surface area contributed by atoms with Crippen LogP contribution in [0.5, 0.6) is 0 Å². The van der Waals surface area contributed by atoms with E-state index < -0.39 is 11.5 Å². The van der Waals surface area contributed by atoms with Gasteiger partial charge in [0.05, 0.1) is 0 Å². The molecule has 0 atom stereocenters. The molecule has 2 N–H and O–H groups in total. The minimum Gasteiger partial charge on any atom is -0.352 e. The molecule has 9 heteroatoms. The highest BCUT2D eigenvalue weighted by Crippen LogP contribution is 2.13. The number of nitrogens with one attached hydrogen (secondary N) is 2. The SMILES string of the molecule is CCNC(=O)c1cnc(N2CCN(c3ncccn3)CC2)[nH]c1=O. The molecule has 1 saturated heterocycles. The van der Waals surface area contributed by atoms with Crippen molar-refractivity contribution in [2.75, 3.05) is 42.5 Å². The van der Waals surface area contributed by atoms with Crippen LogP contribution in [0.3, 0.4) is 0 Å². The number of nitrogens with zero attached hydrogens (tertiary/aromatic N) is 5. The smallest absolute Gasteiger partial charge is 0.265 e. The van der Waals surface area contributed by atoms with Gasteiger partial charge in [0.15, 0.2) is 0 Å². The lowest BCUT2D eigenvalue weighted by atomic mass is 10.3. The molecular weight excluding hydrogens is 310 g/mol. The lowest BCUT2D eigenvalue weighted by Gasteiger charge is -2.34. The third-order valence-electron chi connectivity index (χ3n) is 3.78. The first-order valence-electron chi connectivity index (χ1n) is 7.83. The van der Waals surface area contributed by atoms with Crippen LogP contribution < -0.4 is 20.7 Å². The first-order valence-corrected chi connectivity index (χ1v) is 7.83. The minimum atomic E-state index is -0.431. The quantitative estimate of drug-likeness (QED) is 0.788. The number of aromatic amines is 1. The van der Waals surface area contributed by atoms with Gasteiger partial charge in [-0.05, 0) is 13.0 Å². The number of hydrogen-bond acceptors (Lipinski definition) is 7. The summed E-state index contributed by atoms with van der Waals surface area (Å²) in [6.45, 7) is 5.08. The van der Waals surface area contributed by atoms with E-state index in [1.807, 2.05) is 4.90 Å². The average molecular weight is 329 g/mol. The molecule has 126 valence electrons. The van der Waals surface area contributed by atoms with E-state index in [1.54, 1.807) is 25.4 Å². The maximum Gasteiger partial charge on any atom is 0.265 e. The number of piperazine rings is 1. The van der Waals surface area contributed by atoms with E-state index in [2.05, 4.69) is 30.2 Å². The van der Waals surface area contributed by atoms with Crippen LogP contribution in [0.1, 0.15) is 17.3 Å². The molecular formula is C15H19N7O2. The van der Waals surface area contributed by atoms with Crippen LogP contribution in [0.25, 0.3) is 0 Å². The topological polar surface area (TPSA) is 107 Å². The second-order valence-corrected chi connectivity index (χ2v) is 5.33. The fourth-order valence-corrected chi connectivity index (χ4v) is 2.54. The van der Waals surface area contributed by atoms with Crippen molar-refractivity contribution in [2.24, 2.45) is 0 Å². The van der Waals surface area contributed by atoms with Crippen molar-refractivity contribution in [2.45, 2.75) is 6.92 Å². The Hall–Kier alpha value is -2.97. The van der Waals surface area contributed by atoms with E-state index in [9.17, 15) is 9.59 Å². The highest BCUT2D eigenvalue weighted by Gasteiger charge is 2.21. The maximum atomic E-state index is 12.1. The largest absolute Gasteiger partial charge is 0.352 e. The van der Waals surface area contributed by atoms with Gasteiger partial charge < -0.3 is 15.1 Å². The molecule has 1 aliphatic heterocycles. The van der Waals surface area contributed by atoms with Gasteiger partial charge >= 0.3 is 0 Å². The van der Waals surface area contributed by atoms with Crippen LogP contribution >= 0.6 is 0 Å². The monoisotopic (exact) mass is 329 g/mol. The van der Waals surface area contributed by atoms with Gasteiger partial charge in [0, 0.05) is 51.3 Å². The van der Waals surface area contributed by atoms with E-state index in [-0.39, 0.29) is 5.56 Å². The number of anilines is 2. The van der Waals surface area contributed by atoms with Gasteiger partial charge in [-0.25, -0.2) is 15.0 Å². The lowest BCUT2D eigenvalue weighted by molar-refractivity contribution is 0.0954. The Balaban J connectivity index is 1.67. The van der Waals surface area contributed by atoms with Crippen LogP contribution in [-0.2, 0) is 0 Å². The first-order chi connectivity index (χ1) is 11.7. The Morgan fingerprint density at radius 2 is 1.83 bits per heavy atom. The number of hydrogen-bond donors (Lipinski definition) is 2. The molecule has 0 radical (unpaired) electrons. The minimum absolute atomic E-state index is 0.0249. The van der Waals surface area contributed by atoms with Gasteiger partial charge in [-0.15, -0.1) is 0 Å². The number of aromatic nitrogens is 4. The Labute approximate surface area is 138 Å². The molecule has 1 aliphatic rings. The van der Waals surface area contributed by atoms with Crippen molar-refractivity contribution in [1.29, 1.82) is 0 Å². The van der Waals surface area contributed by atoms with E-state index in [1.165, 1.54) is 6.20 Å². The summed E-state index contributed by atoms with van der Waals surface area (Å²) in [5, 5.41) is 2.59. The van der Waals surface area contributed by atoms with Crippen molar-refractivity contribution in [3.8, 4) is 0 Å². The average Bonchev–Trinajstić information content (AvgIpc) is 2.62. The van der Waals surface area contributed by atoms with E-state index in [4.69, 9.17) is 0 Å². The molecule has 0 aromatic carbocycles. The summed E-state index contributed by atoms with van der Waals surface area (Å²) in [7, 11) is 0. The third-order valence-corrected chi connectivity index (χ3v) is 3.78. The zero-order valence-corrected chi connectivity index (χ0v) is 13.4. The summed E-state index contributed by atoms with van der Waals surface area (Å²) < 4.78 is 0. The number of H-pyrrole nitrogens is 1. The molecule has 1 fully saturated rings. The third kappa shape index (κ3) is 3.34. The zero-order chi connectivity index (χ0) is 16.9. The highest BCUT2D eigenvalue weighted by atomic mass is 16.2. The normalized spacial score (nSPS) is 14.5. The van der Waals surface area contributed by atoms with Crippen LogP contribution in [0.15, 0.2) is 29.5 Å². The van der Waals surface area contributed by atoms with Crippen LogP contribution in [0.4, 0.5) is 11.9 Å². The van der Waals surface area contributed by atoms with Crippen molar-refractivity contribution in [1.82, 2.24) is 25.3 Å². The molecule has 9 nitrogen and oxygen atoms in total. The van der Waals surface area contributed by atoms with Gasteiger partial charge in [0.1, 0.15) is 5.56 Å². The molecule has 3 rings (SSSR count). The summed E-state index contributed by atoms with van der Waals surface area (Å²) in [5.41, 5.74) is -0.406. The molecule has 0 aliphatic carbocycles. The number of rotatable bonds is 4. The first kappa shape index (κ1) is 15.9. The molecule has 2 aromatic heterocycles. The van der Waals surface area contributed by atoms with Crippen LogP contribution in [0.2, 0.25) is 0 Å². The second kappa shape index (κ2) is 7.07. The predicted molar refractivity (Wildman–Crippen MR) is 89.3 cm³/mol. The van der Waals surface area contributed by atoms with Crippen LogP contribution in [-0.4, -0.2) is 58.6 Å². The molecule has 0 bridgehead atoms. The van der Waals surface area contributed by atoms with Crippen molar-refractivity contribution in [3.63, 3.8) is 0 Å². The van der Waals surface area contributed by atoms with Gasteiger partial charge in [-0.1, -0.05) is 0 Å². The molecule has 0 spiro atoms. The van der Waals surface area contributed by atoms with Crippen molar-refractivity contribution >= 4 is 17.8 Å².